The highest BCUT2D eigenvalue weighted by Crippen LogP contribution is 2.32. The fourth-order valence-electron chi connectivity index (χ4n) is 2.53. The summed E-state index contributed by atoms with van der Waals surface area (Å²) in [6.07, 6.45) is -0.500. The van der Waals surface area contributed by atoms with Crippen molar-refractivity contribution in [1.29, 1.82) is 0 Å². The summed E-state index contributed by atoms with van der Waals surface area (Å²) >= 11 is 4.76. The summed E-state index contributed by atoms with van der Waals surface area (Å²) in [6, 6.07) is 12.4. The lowest BCUT2D eigenvalue weighted by Crippen LogP contribution is -2.42. The van der Waals surface area contributed by atoms with Crippen LogP contribution in [0.5, 0.6) is 0 Å². The van der Waals surface area contributed by atoms with Crippen LogP contribution in [0.25, 0.3) is 5.69 Å². The van der Waals surface area contributed by atoms with E-state index in [2.05, 4.69) is 21.0 Å². The van der Waals surface area contributed by atoms with Gasteiger partial charge in [0, 0.05) is 28.0 Å². The molecule has 3 aromatic rings. The SMILES string of the molecule is CN(C(=O)OCc1cc(Sc2cccc(Br)c2)n(-c2cc(F)ccc2F)n1)C(C)(C)C. The molecule has 0 aliphatic rings. The minimum Gasteiger partial charge on any atom is -0.443 e. The van der Waals surface area contributed by atoms with Crippen LogP contribution in [0.1, 0.15) is 26.5 Å². The average molecular weight is 510 g/mol. The zero-order chi connectivity index (χ0) is 22.8. The van der Waals surface area contributed by atoms with Gasteiger partial charge in [-0.25, -0.2) is 18.3 Å². The summed E-state index contributed by atoms with van der Waals surface area (Å²) in [5, 5.41) is 4.93. The van der Waals surface area contributed by atoms with Gasteiger partial charge in [0.2, 0.25) is 0 Å². The monoisotopic (exact) mass is 509 g/mol. The van der Waals surface area contributed by atoms with Crippen molar-refractivity contribution in [1.82, 2.24) is 14.7 Å². The lowest BCUT2D eigenvalue weighted by molar-refractivity contribution is 0.0749. The number of benzene rings is 2. The molecule has 164 valence electrons. The van der Waals surface area contributed by atoms with E-state index in [0.717, 1.165) is 27.6 Å². The van der Waals surface area contributed by atoms with Gasteiger partial charge in [-0.2, -0.15) is 5.10 Å². The van der Waals surface area contributed by atoms with Gasteiger partial charge in [-0.1, -0.05) is 33.8 Å². The van der Waals surface area contributed by atoms with Gasteiger partial charge in [-0.3, -0.25) is 0 Å². The molecule has 0 saturated heterocycles. The third-order valence-electron chi connectivity index (χ3n) is 4.51. The highest BCUT2D eigenvalue weighted by Gasteiger charge is 2.24. The molecule has 5 nitrogen and oxygen atoms in total. The maximum absolute atomic E-state index is 14.5. The lowest BCUT2D eigenvalue weighted by atomic mass is 10.1. The van der Waals surface area contributed by atoms with E-state index in [1.807, 2.05) is 45.0 Å². The minimum atomic E-state index is -0.614. The molecule has 0 bridgehead atoms. The lowest BCUT2D eigenvalue weighted by Gasteiger charge is -2.30. The van der Waals surface area contributed by atoms with Crippen molar-refractivity contribution >= 4 is 33.8 Å². The number of hydrogen-bond donors (Lipinski definition) is 0. The Kier molecular flexibility index (Phi) is 7.06. The Labute approximate surface area is 192 Å². The summed E-state index contributed by atoms with van der Waals surface area (Å²) in [5.41, 5.74) is -0.0123. The van der Waals surface area contributed by atoms with Crippen LogP contribution >= 0.6 is 27.7 Å². The zero-order valence-electron chi connectivity index (χ0n) is 17.5. The quantitative estimate of drug-likeness (QED) is 0.397. The van der Waals surface area contributed by atoms with Gasteiger partial charge in [-0.05, 0) is 57.2 Å². The second-order valence-electron chi connectivity index (χ2n) is 7.83. The van der Waals surface area contributed by atoms with Crippen LogP contribution in [0.4, 0.5) is 13.6 Å². The van der Waals surface area contributed by atoms with E-state index in [9.17, 15) is 13.6 Å². The first kappa shape index (κ1) is 23.3. The van der Waals surface area contributed by atoms with Gasteiger partial charge in [0.1, 0.15) is 34.6 Å². The number of amides is 1. The van der Waals surface area contributed by atoms with Gasteiger partial charge in [0.15, 0.2) is 0 Å². The Morgan fingerprint density at radius 1 is 1.19 bits per heavy atom. The fraction of sp³-hybridized carbons (Fsp3) is 0.273. The first-order valence-electron chi connectivity index (χ1n) is 9.43. The molecule has 31 heavy (non-hydrogen) atoms. The second-order valence-corrected chi connectivity index (χ2v) is 9.83. The molecular formula is C22H22BrF2N3O2S. The summed E-state index contributed by atoms with van der Waals surface area (Å²) in [5.74, 6) is -1.19. The van der Waals surface area contributed by atoms with E-state index in [4.69, 9.17) is 4.74 Å². The number of nitrogens with zero attached hydrogens (tertiary/aromatic N) is 3. The third-order valence-corrected chi connectivity index (χ3v) is 5.99. The van der Waals surface area contributed by atoms with E-state index in [1.54, 1.807) is 13.1 Å². The summed E-state index contributed by atoms with van der Waals surface area (Å²) in [4.78, 5) is 14.7. The summed E-state index contributed by atoms with van der Waals surface area (Å²) in [7, 11) is 1.65. The normalized spacial score (nSPS) is 11.5. The number of carbonyl (C=O) groups excluding carboxylic acids is 1. The van der Waals surface area contributed by atoms with Gasteiger partial charge >= 0.3 is 6.09 Å². The molecular weight excluding hydrogens is 488 g/mol. The number of ether oxygens (including phenoxy) is 1. The van der Waals surface area contributed by atoms with E-state index in [1.165, 1.54) is 21.3 Å². The number of hydrogen-bond acceptors (Lipinski definition) is 4. The third kappa shape index (κ3) is 5.86. The summed E-state index contributed by atoms with van der Waals surface area (Å²) in [6.45, 7) is 5.57. The molecule has 0 atom stereocenters. The average Bonchev–Trinajstić information content (AvgIpc) is 3.09. The van der Waals surface area contributed by atoms with Crippen molar-refractivity contribution < 1.29 is 18.3 Å². The maximum Gasteiger partial charge on any atom is 0.410 e. The Hall–Kier alpha value is -2.39. The highest BCUT2D eigenvalue weighted by atomic mass is 79.9. The summed E-state index contributed by atoms with van der Waals surface area (Å²) < 4.78 is 35.9. The van der Waals surface area contributed by atoms with E-state index in [-0.39, 0.29) is 12.3 Å². The van der Waals surface area contributed by atoms with E-state index < -0.39 is 23.3 Å². The van der Waals surface area contributed by atoms with Crippen LogP contribution < -0.4 is 0 Å². The molecule has 0 N–H and O–H groups in total. The topological polar surface area (TPSA) is 47.4 Å². The highest BCUT2D eigenvalue weighted by molar-refractivity contribution is 9.10. The molecule has 0 unspecified atom stereocenters. The van der Waals surface area contributed by atoms with Gasteiger partial charge in [0.25, 0.3) is 0 Å². The maximum atomic E-state index is 14.5. The smallest absolute Gasteiger partial charge is 0.410 e. The number of aromatic nitrogens is 2. The molecule has 1 amide bonds. The van der Waals surface area contributed by atoms with Crippen molar-refractivity contribution in [3.05, 3.63) is 70.3 Å². The fourth-order valence-corrected chi connectivity index (χ4v) is 4.08. The first-order valence-corrected chi connectivity index (χ1v) is 11.0. The number of carbonyl (C=O) groups is 1. The molecule has 0 spiro atoms. The molecule has 1 aromatic heterocycles. The van der Waals surface area contributed by atoms with Crippen LogP contribution in [-0.2, 0) is 11.3 Å². The van der Waals surface area contributed by atoms with E-state index in [0.29, 0.717) is 10.7 Å². The van der Waals surface area contributed by atoms with Crippen molar-refractivity contribution in [2.45, 2.75) is 42.8 Å². The minimum absolute atomic E-state index is 0.0260. The Morgan fingerprint density at radius 2 is 1.94 bits per heavy atom. The first-order chi connectivity index (χ1) is 14.5. The van der Waals surface area contributed by atoms with Crippen molar-refractivity contribution in [3.63, 3.8) is 0 Å². The van der Waals surface area contributed by atoms with Crippen LogP contribution in [-0.4, -0.2) is 33.4 Å². The number of halogens is 3. The van der Waals surface area contributed by atoms with Crippen molar-refractivity contribution in [2.75, 3.05) is 7.05 Å². The number of rotatable bonds is 5. The van der Waals surface area contributed by atoms with Crippen LogP contribution in [0.3, 0.4) is 0 Å². The molecule has 0 aliphatic heterocycles. The Bertz CT molecular complexity index is 1100. The van der Waals surface area contributed by atoms with Crippen molar-refractivity contribution in [3.8, 4) is 5.69 Å². The van der Waals surface area contributed by atoms with Gasteiger partial charge in [-0.15, -0.1) is 0 Å². The Balaban J connectivity index is 1.92. The molecule has 0 fully saturated rings. The molecule has 0 saturated carbocycles. The molecule has 0 radical (unpaired) electrons. The standard InChI is InChI=1S/C22H22BrF2N3O2S/c1-22(2,3)27(4)21(29)30-13-16-12-20(31-17-7-5-6-14(23)10-17)28(26-16)19-11-15(24)8-9-18(19)25/h5-12H,13H2,1-4H3. The molecule has 2 aromatic carbocycles. The van der Waals surface area contributed by atoms with Crippen LogP contribution in [0, 0.1) is 11.6 Å². The van der Waals surface area contributed by atoms with Gasteiger partial charge < -0.3 is 9.64 Å². The molecule has 1 heterocycles. The largest absolute Gasteiger partial charge is 0.443 e. The van der Waals surface area contributed by atoms with Crippen LogP contribution in [0.15, 0.2) is 62.9 Å². The predicted molar refractivity (Wildman–Crippen MR) is 119 cm³/mol. The predicted octanol–water partition coefficient (Wildman–Crippen LogP) is 6.43. The molecule has 0 aliphatic carbocycles. The van der Waals surface area contributed by atoms with Crippen LogP contribution in [0.2, 0.25) is 0 Å². The van der Waals surface area contributed by atoms with E-state index >= 15 is 0 Å². The second kappa shape index (κ2) is 9.40. The zero-order valence-corrected chi connectivity index (χ0v) is 19.9. The Morgan fingerprint density at radius 3 is 2.61 bits per heavy atom. The van der Waals surface area contributed by atoms with Gasteiger partial charge in [0.05, 0.1) is 0 Å². The van der Waals surface area contributed by atoms with Crippen molar-refractivity contribution in [2.24, 2.45) is 0 Å². The molecule has 3 rings (SSSR count). The molecule has 9 heteroatoms.